The SMILES string of the molecule is Bn1c(/C=C2/C=CC(/C=C/c3ccc(CN[C@@H](CC(C)C)C(=O)OC4CCCC4)cc3)=N2)ccc1-c1ccc[nH]1. The first kappa shape index (κ1) is 27.7. The van der Waals surface area contributed by atoms with E-state index in [1.54, 1.807) is 0 Å². The number of esters is 1. The predicted molar refractivity (Wildman–Crippen MR) is 167 cm³/mol. The minimum Gasteiger partial charge on any atom is -0.461 e. The largest absolute Gasteiger partial charge is 0.461 e. The van der Waals surface area contributed by atoms with E-state index in [1.807, 2.05) is 30.5 Å². The number of allylic oxidation sites excluding steroid dienone is 3. The third-order valence-corrected chi connectivity index (χ3v) is 7.57. The summed E-state index contributed by atoms with van der Waals surface area (Å²) in [7, 11) is 2.07. The zero-order valence-electron chi connectivity index (χ0n) is 23.8. The number of nitrogens with zero attached hydrogens (tertiary/aromatic N) is 2. The Morgan fingerprint density at radius 3 is 2.65 bits per heavy atom. The molecule has 0 radical (unpaired) electrons. The number of aromatic nitrogens is 2. The first-order valence-corrected chi connectivity index (χ1v) is 14.4. The molecule has 1 fully saturated rings. The van der Waals surface area contributed by atoms with Crippen LogP contribution in [0.25, 0.3) is 23.5 Å². The summed E-state index contributed by atoms with van der Waals surface area (Å²) in [5.41, 5.74) is 7.45. The molecule has 1 saturated carbocycles. The van der Waals surface area contributed by atoms with Crippen molar-refractivity contribution >= 4 is 31.8 Å². The summed E-state index contributed by atoms with van der Waals surface area (Å²) in [5.74, 6) is 0.311. The molecule has 1 aliphatic heterocycles. The molecule has 3 heterocycles. The van der Waals surface area contributed by atoms with Gasteiger partial charge in [-0.25, -0.2) is 4.99 Å². The second kappa shape index (κ2) is 13.0. The monoisotopic (exact) mass is 534 g/mol. The summed E-state index contributed by atoms with van der Waals surface area (Å²) in [6, 6.07) is 16.5. The molecule has 206 valence electrons. The smallest absolute Gasteiger partial charge is 0.323 e. The molecule has 1 aromatic carbocycles. The van der Waals surface area contributed by atoms with Gasteiger partial charge in [0.05, 0.1) is 22.8 Å². The lowest BCUT2D eigenvalue weighted by molar-refractivity contribution is -0.151. The highest BCUT2D eigenvalue weighted by atomic mass is 16.5. The highest BCUT2D eigenvalue weighted by Crippen LogP contribution is 2.23. The molecule has 1 aliphatic carbocycles. The summed E-state index contributed by atoms with van der Waals surface area (Å²) in [5, 5.41) is 3.44. The Morgan fingerprint density at radius 1 is 1.12 bits per heavy atom. The van der Waals surface area contributed by atoms with Crippen molar-refractivity contribution in [1.29, 1.82) is 0 Å². The topological polar surface area (TPSA) is 71.4 Å². The first-order chi connectivity index (χ1) is 19.4. The van der Waals surface area contributed by atoms with Crippen LogP contribution in [-0.2, 0) is 16.1 Å². The fourth-order valence-electron chi connectivity index (χ4n) is 5.31. The maximum Gasteiger partial charge on any atom is 0.323 e. The Balaban J connectivity index is 1.16. The van der Waals surface area contributed by atoms with Gasteiger partial charge in [-0.15, -0.1) is 0 Å². The van der Waals surface area contributed by atoms with E-state index >= 15 is 0 Å². The molecule has 0 unspecified atom stereocenters. The van der Waals surface area contributed by atoms with Crippen LogP contribution in [0, 0.1) is 5.92 Å². The van der Waals surface area contributed by atoms with Crippen molar-refractivity contribution in [3.05, 3.63) is 95.5 Å². The minimum atomic E-state index is -0.273. The number of benzene rings is 1. The van der Waals surface area contributed by atoms with Gasteiger partial charge in [0.25, 0.3) is 0 Å². The number of nitrogens with one attached hydrogen (secondary N) is 2. The van der Waals surface area contributed by atoms with Crippen LogP contribution in [0.2, 0.25) is 0 Å². The van der Waals surface area contributed by atoms with Gasteiger partial charge in [0.1, 0.15) is 12.1 Å². The maximum atomic E-state index is 12.8. The molecule has 2 aliphatic rings. The van der Waals surface area contributed by atoms with Crippen LogP contribution in [0.1, 0.15) is 62.8 Å². The lowest BCUT2D eigenvalue weighted by atomic mass is 10.0. The molecule has 2 aromatic heterocycles. The summed E-state index contributed by atoms with van der Waals surface area (Å²) < 4.78 is 7.95. The van der Waals surface area contributed by atoms with E-state index in [-0.39, 0.29) is 18.1 Å². The molecule has 5 rings (SSSR count). The van der Waals surface area contributed by atoms with Gasteiger partial charge >= 0.3 is 5.97 Å². The highest BCUT2D eigenvalue weighted by molar-refractivity contribution is 6.11. The zero-order valence-corrected chi connectivity index (χ0v) is 23.8. The molecule has 0 amide bonds. The standard InChI is InChI=1S/C33H39BN4O2/c1-23(2)20-31(33(39)40-29-6-3-4-7-29)36-22-25-11-9-24(10-12-25)13-14-26-15-16-27(37-26)21-28-17-18-32(38(28)34)30-8-5-19-35-30/h5,8-19,21,23,29,31,35-36H,3-4,6-7,20,22,34H2,1-2H3/b14-13+,27-21-/t31-/m0/s1. The van der Waals surface area contributed by atoms with Crippen LogP contribution in [0.5, 0.6) is 0 Å². The number of hydrogen-bond donors (Lipinski definition) is 2. The number of hydrogen-bond acceptors (Lipinski definition) is 4. The van der Waals surface area contributed by atoms with Crippen LogP contribution in [0.4, 0.5) is 0 Å². The number of aromatic amines is 1. The molecule has 2 N–H and O–H groups in total. The number of rotatable bonds is 11. The van der Waals surface area contributed by atoms with E-state index in [0.717, 1.165) is 71.7 Å². The Hall–Kier alpha value is -3.84. The Bertz CT molecular complexity index is 1400. The van der Waals surface area contributed by atoms with Crippen LogP contribution in [0.3, 0.4) is 0 Å². The fourth-order valence-corrected chi connectivity index (χ4v) is 5.31. The minimum absolute atomic E-state index is 0.0988. The van der Waals surface area contributed by atoms with E-state index in [4.69, 9.17) is 9.73 Å². The lowest BCUT2D eigenvalue weighted by Gasteiger charge is -2.22. The average Bonchev–Trinajstić information content (AvgIpc) is 3.76. The van der Waals surface area contributed by atoms with Gasteiger partial charge < -0.3 is 19.5 Å². The average molecular weight is 535 g/mol. The van der Waals surface area contributed by atoms with Crippen molar-refractivity contribution in [1.82, 2.24) is 14.8 Å². The van der Waals surface area contributed by atoms with Crippen LogP contribution in [-0.4, -0.2) is 41.3 Å². The summed E-state index contributed by atoms with van der Waals surface area (Å²) in [4.78, 5) is 20.8. The molecule has 40 heavy (non-hydrogen) atoms. The third kappa shape index (κ3) is 7.22. The van der Waals surface area contributed by atoms with Gasteiger partial charge in [0.15, 0.2) is 0 Å². The van der Waals surface area contributed by atoms with E-state index in [1.165, 1.54) is 0 Å². The van der Waals surface area contributed by atoms with Gasteiger partial charge in [-0.3, -0.25) is 4.79 Å². The molecule has 0 bridgehead atoms. The van der Waals surface area contributed by atoms with Crippen LogP contribution in [0.15, 0.2) is 83.6 Å². The molecule has 6 nitrogen and oxygen atoms in total. The zero-order chi connectivity index (χ0) is 27.9. The molecular weight excluding hydrogens is 495 g/mol. The van der Waals surface area contributed by atoms with E-state index in [9.17, 15) is 4.79 Å². The molecule has 3 aromatic rings. The second-order valence-electron chi connectivity index (χ2n) is 11.2. The normalized spacial score (nSPS) is 17.4. The first-order valence-electron chi connectivity index (χ1n) is 14.4. The Kier molecular flexibility index (Phi) is 9.02. The quantitative estimate of drug-likeness (QED) is 0.237. The number of H-pyrrole nitrogens is 1. The molecule has 7 heteroatoms. The van der Waals surface area contributed by atoms with Crippen molar-refractivity contribution in [2.45, 2.75) is 64.6 Å². The van der Waals surface area contributed by atoms with Crippen molar-refractivity contribution in [2.75, 3.05) is 0 Å². The van der Waals surface area contributed by atoms with Crippen molar-refractivity contribution in [3.63, 3.8) is 0 Å². The fraction of sp³-hybridized carbons (Fsp3) is 0.333. The van der Waals surface area contributed by atoms with Crippen molar-refractivity contribution in [2.24, 2.45) is 10.9 Å². The number of aliphatic imine (C=N–C) groups is 1. The van der Waals surface area contributed by atoms with E-state index in [0.29, 0.717) is 12.5 Å². The molecule has 1 atom stereocenters. The summed E-state index contributed by atoms with van der Waals surface area (Å²) in [6.07, 6.45) is 17.4. The second-order valence-corrected chi connectivity index (χ2v) is 11.2. The van der Waals surface area contributed by atoms with Crippen molar-refractivity contribution in [3.8, 4) is 11.4 Å². The van der Waals surface area contributed by atoms with Crippen LogP contribution < -0.4 is 5.32 Å². The van der Waals surface area contributed by atoms with Gasteiger partial charge in [-0.2, -0.15) is 0 Å². The maximum absolute atomic E-state index is 12.8. The predicted octanol–water partition coefficient (Wildman–Crippen LogP) is 5.93. The van der Waals surface area contributed by atoms with Gasteiger partial charge in [-0.1, -0.05) is 44.2 Å². The summed E-state index contributed by atoms with van der Waals surface area (Å²) in [6.45, 7) is 4.92. The lowest BCUT2D eigenvalue weighted by Crippen LogP contribution is -2.40. The molecule has 0 saturated heterocycles. The molecule has 0 spiro atoms. The van der Waals surface area contributed by atoms with Crippen LogP contribution >= 0.6 is 0 Å². The van der Waals surface area contributed by atoms with Crippen molar-refractivity contribution < 1.29 is 9.53 Å². The van der Waals surface area contributed by atoms with E-state index < -0.39 is 0 Å². The van der Waals surface area contributed by atoms with Gasteiger partial charge in [-0.05, 0) is 97.7 Å². The number of ether oxygens (including phenoxy) is 1. The van der Waals surface area contributed by atoms with Gasteiger partial charge in [0, 0.05) is 18.4 Å². The third-order valence-electron chi connectivity index (χ3n) is 7.57. The molecular formula is C33H39BN4O2. The Labute approximate surface area is 238 Å². The summed E-state index contributed by atoms with van der Waals surface area (Å²) >= 11 is 0. The number of carbonyl (C=O) groups is 1. The number of carbonyl (C=O) groups excluding carboxylic acids is 1. The van der Waals surface area contributed by atoms with E-state index in [2.05, 4.69) is 91.2 Å². The Morgan fingerprint density at radius 2 is 1.93 bits per heavy atom. The highest BCUT2D eigenvalue weighted by Gasteiger charge is 2.26. The van der Waals surface area contributed by atoms with Gasteiger partial charge in [0.2, 0.25) is 7.98 Å².